The predicted octanol–water partition coefficient (Wildman–Crippen LogP) is 1.79. The largest absolute Gasteiger partial charge is 0.442 e. The summed E-state index contributed by atoms with van der Waals surface area (Å²) in [6.07, 6.45) is 0.425. The van der Waals surface area contributed by atoms with Crippen molar-refractivity contribution >= 4 is 23.4 Å². The molecule has 0 saturated carbocycles. The van der Waals surface area contributed by atoms with Gasteiger partial charge in [0, 0.05) is 19.1 Å². The number of ether oxygens (including phenoxy) is 2. The Morgan fingerprint density at radius 3 is 2.44 bits per heavy atom. The van der Waals surface area contributed by atoms with Crippen LogP contribution < -0.4 is 15.1 Å². The van der Waals surface area contributed by atoms with Gasteiger partial charge in [0.05, 0.1) is 44.1 Å². The zero-order chi connectivity index (χ0) is 19.1. The molecule has 2 amide bonds. The molecule has 3 aliphatic heterocycles. The molecule has 0 aliphatic carbocycles. The van der Waals surface area contributed by atoms with E-state index in [1.165, 1.54) is 11.8 Å². The highest BCUT2D eigenvalue weighted by molar-refractivity contribution is 5.90. The zero-order valence-electron chi connectivity index (χ0n) is 14.9. The van der Waals surface area contributed by atoms with Gasteiger partial charge in [-0.15, -0.1) is 0 Å². The maximum Gasteiger partial charge on any atom is 0.414 e. The molecule has 1 aromatic carbocycles. The minimum absolute atomic E-state index is 0.0302. The van der Waals surface area contributed by atoms with Crippen LogP contribution in [0.3, 0.4) is 0 Å². The molecule has 1 aromatic rings. The highest BCUT2D eigenvalue weighted by Gasteiger charge is 2.41. The van der Waals surface area contributed by atoms with Gasteiger partial charge in [0.1, 0.15) is 11.8 Å². The summed E-state index contributed by atoms with van der Waals surface area (Å²) >= 11 is 0. The molecule has 146 valence electrons. The van der Waals surface area contributed by atoms with E-state index >= 15 is 0 Å². The summed E-state index contributed by atoms with van der Waals surface area (Å²) in [6.45, 7) is 2.54. The Morgan fingerprint density at radius 1 is 1.22 bits per heavy atom. The number of hydrogen-bond acceptors (Lipinski definition) is 5. The van der Waals surface area contributed by atoms with Crippen molar-refractivity contribution in [2.24, 2.45) is 0 Å². The molecular weight excluding hydrogens is 360 g/mol. The first-order chi connectivity index (χ1) is 12.9. The van der Waals surface area contributed by atoms with Crippen LogP contribution in [-0.4, -0.2) is 56.5 Å². The van der Waals surface area contributed by atoms with Crippen molar-refractivity contribution in [1.29, 1.82) is 0 Å². The summed E-state index contributed by atoms with van der Waals surface area (Å²) in [7, 11) is 0. The molecule has 9 heteroatoms. The molecule has 0 radical (unpaired) electrons. The molecule has 3 saturated heterocycles. The Balaban J connectivity index is 1.55. The standard InChI is InChI=1S/C18H21F2N3O4/c1-10(24)21-6-14-7-22(18(25)27-14)13-4-15(19)17(16(20)5-13)23-11-2-3-12(23)9-26-8-11/h4-5,11-12,14H,2-3,6-9H2,1H3,(H,21,24)/t11?,12?,14-/m0/s1. The van der Waals surface area contributed by atoms with Crippen LogP contribution in [0.2, 0.25) is 0 Å². The number of halogens is 2. The minimum atomic E-state index is -0.707. The summed E-state index contributed by atoms with van der Waals surface area (Å²) in [4.78, 5) is 26.0. The molecular formula is C18H21F2N3O4. The van der Waals surface area contributed by atoms with Crippen LogP contribution in [0.25, 0.3) is 0 Å². The van der Waals surface area contributed by atoms with Gasteiger partial charge in [0.15, 0.2) is 11.6 Å². The second-order valence-electron chi connectivity index (χ2n) is 7.14. The summed E-state index contributed by atoms with van der Waals surface area (Å²) in [6, 6.07) is 2.26. The van der Waals surface area contributed by atoms with Crippen molar-refractivity contribution < 1.29 is 27.8 Å². The number of hydrogen-bond donors (Lipinski definition) is 1. The quantitative estimate of drug-likeness (QED) is 0.861. The third-order valence-electron chi connectivity index (χ3n) is 5.26. The van der Waals surface area contributed by atoms with E-state index in [4.69, 9.17) is 9.47 Å². The highest BCUT2D eigenvalue weighted by Crippen LogP contribution is 2.39. The Hall–Kier alpha value is -2.42. The average Bonchev–Trinajstić information content (AvgIpc) is 3.08. The second kappa shape index (κ2) is 6.95. The van der Waals surface area contributed by atoms with Crippen molar-refractivity contribution in [3.63, 3.8) is 0 Å². The fourth-order valence-corrected chi connectivity index (χ4v) is 4.04. The second-order valence-corrected chi connectivity index (χ2v) is 7.14. The van der Waals surface area contributed by atoms with Gasteiger partial charge < -0.3 is 19.7 Å². The Bertz CT molecular complexity index is 736. The van der Waals surface area contributed by atoms with Gasteiger partial charge in [-0.1, -0.05) is 0 Å². The maximum atomic E-state index is 14.8. The number of anilines is 2. The smallest absolute Gasteiger partial charge is 0.414 e. The lowest BCUT2D eigenvalue weighted by atomic mass is 10.1. The number of amides is 2. The number of carbonyl (C=O) groups is 2. The van der Waals surface area contributed by atoms with Gasteiger partial charge >= 0.3 is 6.09 Å². The SMILES string of the molecule is CC(=O)NC[C@H]1CN(c2cc(F)c(N3C4CCC3COC4)c(F)c2)C(=O)O1. The number of benzene rings is 1. The molecule has 3 aliphatic rings. The van der Waals surface area contributed by atoms with Crippen LogP contribution in [0.15, 0.2) is 12.1 Å². The lowest BCUT2D eigenvalue weighted by molar-refractivity contribution is -0.119. The topological polar surface area (TPSA) is 71.1 Å². The Labute approximate surface area is 155 Å². The molecule has 2 unspecified atom stereocenters. The van der Waals surface area contributed by atoms with E-state index < -0.39 is 23.8 Å². The molecule has 4 rings (SSSR count). The van der Waals surface area contributed by atoms with E-state index in [1.807, 2.05) is 0 Å². The molecule has 3 fully saturated rings. The van der Waals surface area contributed by atoms with Crippen molar-refractivity contribution in [2.45, 2.75) is 38.0 Å². The highest BCUT2D eigenvalue weighted by atomic mass is 19.1. The fourth-order valence-electron chi connectivity index (χ4n) is 4.04. The molecule has 0 aromatic heterocycles. The number of carbonyl (C=O) groups excluding carboxylic acids is 2. The van der Waals surface area contributed by atoms with Crippen LogP contribution in [0, 0.1) is 11.6 Å². The van der Waals surface area contributed by atoms with Crippen LogP contribution >= 0.6 is 0 Å². The molecule has 2 bridgehead atoms. The van der Waals surface area contributed by atoms with E-state index in [2.05, 4.69) is 5.32 Å². The summed E-state index contributed by atoms with van der Waals surface area (Å²) < 4.78 is 40.3. The van der Waals surface area contributed by atoms with Gasteiger partial charge in [0.25, 0.3) is 0 Å². The molecule has 7 nitrogen and oxygen atoms in total. The van der Waals surface area contributed by atoms with E-state index in [1.54, 1.807) is 4.90 Å². The predicted molar refractivity (Wildman–Crippen MR) is 92.8 cm³/mol. The zero-order valence-corrected chi connectivity index (χ0v) is 14.9. The molecule has 1 N–H and O–H groups in total. The van der Waals surface area contributed by atoms with Gasteiger partial charge in [-0.25, -0.2) is 13.6 Å². The van der Waals surface area contributed by atoms with E-state index in [-0.39, 0.29) is 42.5 Å². The van der Waals surface area contributed by atoms with E-state index in [9.17, 15) is 18.4 Å². The number of rotatable bonds is 4. The number of morpholine rings is 1. The average molecular weight is 381 g/mol. The van der Waals surface area contributed by atoms with Crippen LogP contribution in [0.4, 0.5) is 25.0 Å². The maximum absolute atomic E-state index is 14.8. The van der Waals surface area contributed by atoms with Crippen LogP contribution in [0.5, 0.6) is 0 Å². The Morgan fingerprint density at radius 2 is 1.85 bits per heavy atom. The Kier molecular flexibility index (Phi) is 4.63. The monoisotopic (exact) mass is 381 g/mol. The molecule has 0 spiro atoms. The van der Waals surface area contributed by atoms with Gasteiger partial charge in [0.2, 0.25) is 5.91 Å². The number of nitrogens with zero attached hydrogens (tertiary/aromatic N) is 2. The number of nitrogens with one attached hydrogen (secondary N) is 1. The van der Waals surface area contributed by atoms with Gasteiger partial charge in [-0.2, -0.15) is 0 Å². The van der Waals surface area contributed by atoms with Crippen molar-refractivity contribution in [1.82, 2.24) is 5.32 Å². The molecule has 3 heterocycles. The van der Waals surface area contributed by atoms with E-state index in [0.29, 0.717) is 13.2 Å². The molecule has 3 atom stereocenters. The normalized spacial score (nSPS) is 27.1. The van der Waals surface area contributed by atoms with Crippen LogP contribution in [-0.2, 0) is 14.3 Å². The first-order valence-corrected chi connectivity index (χ1v) is 9.01. The minimum Gasteiger partial charge on any atom is -0.442 e. The summed E-state index contributed by atoms with van der Waals surface area (Å²) in [5.74, 6) is -1.66. The molecule has 27 heavy (non-hydrogen) atoms. The third kappa shape index (κ3) is 3.31. The van der Waals surface area contributed by atoms with Crippen LogP contribution in [0.1, 0.15) is 19.8 Å². The first kappa shape index (κ1) is 18.0. The van der Waals surface area contributed by atoms with Gasteiger partial charge in [-0.3, -0.25) is 9.69 Å². The summed E-state index contributed by atoms with van der Waals surface area (Å²) in [5.41, 5.74) is 0.0431. The van der Waals surface area contributed by atoms with Crippen molar-refractivity contribution in [2.75, 3.05) is 36.1 Å². The fraction of sp³-hybridized carbons (Fsp3) is 0.556. The number of cyclic esters (lactones) is 1. The lowest BCUT2D eigenvalue weighted by Gasteiger charge is -2.37. The first-order valence-electron chi connectivity index (χ1n) is 9.01. The van der Waals surface area contributed by atoms with Crippen molar-refractivity contribution in [3.05, 3.63) is 23.8 Å². The summed E-state index contributed by atoms with van der Waals surface area (Å²) in [5, 5.41) is 2.56. The third-order valence-corrected chi connectivity index (χ3v) is 5.26. The van der Waals surface area contributed by atoms with Gasteiger partial charge in [-0.05, 0) is 12.8 Å². The van der Waals surface area contributed by atoms with E-state index in [0.717, 1.165) is 25.0 Å². The van der Waals surface area contributed by atoms with Crippen molar-refractivity contribution in [3.8, 4) is 0 Å². The lowest BCUT2D eigenvalue weighted by Crippen LogP contribution is -2.46. The number of fused-ring (bicyclic) bond motifs is 2.